The minimum Gasteiger partial charge on any atom is -0.489 e. The highest BCUT2D eigenvalue weighted by atomic mass is 79.9. The first-order chi connectivity index (χ1) is 28.2. The van der Waals surface area contributed by atoms with Crippen LogP contribution in [0.2, 0.25) is 18.1 Å². The Morgan fingerprint density at radius 2 is 1.56 bits per heavy atom. The molecule has 0 spiro atoms. The number of ketones is 1. The van der Waals surface area contributed by atoms with Crippen molar-refractivity contribution in [1.82, 2.24) is 0 Å². The van der Waals surface area contributed by atoms with Gasteiger partial charge in [-0.3, -0.25) is 9.59 Å². The lowest BCUT2D eigenvalue weighted by Crippen LogP contribution is -2.42. The molecule has 10 heteroatoms. The van der Waals surface area contributed by atoms with Gasteiger partial charge in [-0.1, -0.05) is 128 Å². The van der Waals surface area contributed by atoms with Gasteiger partial charge in [-0.05, 0) is 90.5 Å². The van der Waals surface area contributed by atoms with Crippen LogP contribution in [0.5, 0.6) is 5.75 Å². The zero-order valence-electron chi connectivity index (χ0n) is 34.3. The quantitative estimate of drug-likeness (QED) is 0.0434. The predicted octanol–water partition coefficient (Wildman–Crippen LogP) is 12.6. The van der Waals surface area contributed by atoms with Crippen LogP contribution < -0.4 is 10.1 Å². The number of cyclic esters (lactones) is 1. The molecule has 6 rings (SSSR count). The second kappa shape index (κ2) is 19.3. The molecule has 0 bridgehead atoms. The zero-order valence-corrected chi connectivity index (χ0v) is 36.9. The average Bonchev–Trinajstić information content (AvgIpc) is 3.59. The Kier molecular flexibility index (Phi) is 14.2. The molecule has 5 aromatic carbocycles. The van der Waals surface area contributed by atoms with Crippen LogP contribution in [0.1, 0.15) is 68.0 Å². The van der Waals surface area contributed by atoms with Crippen LogP contribution in [-0.4, -0.2) is 26.7 Å². The molecule has 1 unspecified atom stereocenters. The van der Waals surface area contributed by atoms with Crippen molar-refractivity contribution in [3.05, 3.63) is 171 Å². The fourth-order valence-electron chi connectivity index (χ4n) is 7.38. The summed E-state index contributed by atoms with van der Waals surface area (Å²) in [6.07, 6.45) is 0.761. The van der Waals surface area contributed by atoms with E-state index in [9.17, 15) is 9.18 Å². The molecule has 0 aromatic heterocycles. The third-order valence-electron chi connectivity index (χ3n) is 11.7. The third-order valence-corrected chi connectivity index (χ3v) is 16.7. The van der Waals surface area contributed by atoms with Gasteiger partial charge in [0, 0.05) is 27.6 Å². The fraction of sp³-hybridized carbons (Fsp3) is 0.327. The molecule has 7 nitrogen and oxygen atoms in total. The summed E-state index contributed by atoms with van der Waals surface area (Å²) in [6.45, 7) is 18.9. The van der Waals surface area contributed by atoms with Gasteiger partial charge in [-0.15, -0.1) is 0 Å². The summed E-state index contributed by atoms with van der Waals surface area (Å²) in [7, 11) is -2.39. The van der Waals surface area contributed by atoms with Crippen LogP contribution in [-0.2, 0) is 31.8 Å². The van der Waals surface area contributed by atoms with Crippen molar-refractivity contribution in [2.45, 2.75) is 76.9 Å². The predicted molar refractivity (Wildman–Crippen MR) is 237 cm³/mol. The van der Waals surface area contributed by atoms with E-state index in [1.165, 1.54) is 12.1 Å². The summed E-state index contributed by atoms with van der Waals surface area (Å²) in [6, 6.07) is 38.3. The van der Waals surface area contributed by atoms with Gasteiger partial charge < -0.3 is 19.2 Å². The maximum Gasteiger partial charge on any atom is 0.316 e. The first-order valence-electron chi connectivity index (χ1n) is 20.1. The van der Waals surface area contributed by atoms with Crippen molar-refractivity contribution >= 4 is 47.4 Å². The Morgan fingerprint density at radius 3 is 2.19 bits per heavy atom. The molecule has 1 heterocycles. The Labute approximate surface area is 357 Å². The molecule has 1 fully saturated rings. The molecule has 5 atom stereocenters. The van der Waals surface area contributed by atoms with Crippen LogP contribution in [0.3, 0.4) is 0 Å². The van der Waals surface area contributed by atoms with Gasteiger partial charge in [0.15, 0.2) is 19.8 Å². The number of anilines is 1. The number of carbonyl (C=O) groups is 2. The number of benzene rings is 5. The van der Waals surface area contributed by atoms with Crippen molar-refractivity contribution in [1.29, 1.82) is 0 Å². The lowest BCUT2D eigenvalue weighted by Gasteiger charge is -2.40. The molecule has 59 heavy (non-hydrogen) atoms. The number of carbonyl (C=O) groups excluding carboxylic acids is 2. The number of halogens is 2. The lowest BCUT2D eigenvalue weighted by molar-refractivity contribution is -0.146. The Hall–Kier alpha value is -5.08. The van der Waals surface area contributed by atoms with Gasteiger partial charge in [0.2, 0.25) is 0 Å². The molecule has 1 aliphatic heterocycles. The molecule has 0 amide bonds. The third kappa shape index (κ3) is 11.2. The van der Waals surface area contributed by atoms with Gasteiger partial charge >= 0.3 is 5.97 Å². The number of hydrogen-bond donors (Lipinski definition) is 1. The number of hydrogen-bond acceptors (Lipinski definition) is 6. The van der Waals surface area contributed by atoms with Crippen molar-refractivity contribution in [2.75, 3.05) is 11.9 Å². The average molecular weight is 876 g/mol. The lowest BCUT2D eigenvalue weighted by atomic mass is 9.75. The molecule has 0 saturated carbocycles. The zero-order chi connectivity index (χ0) is 42.2. The monoisotopic (exact) mass is 874 g/mol. The molecular formula is C49H52BrFN2O5Si. The first-order valence-corrected chi connectivity index (χ1v) is 23.8. The first kappa shape index (κ1) is 43.5. The number of rotatable bonds is 17. The molecule has 0 aliphatic carbocycles. The normalized spacial score (nSPS) is 17.0. The van der Waals surface area contributed by atoms with Crippen LogP contribution in [0.15, 0.2) is 132 Å². The maximum absolute atomic E-state index is 15.5. The SMILES string of the molecule is [C-]#[N+]c1ccc(N[C@H](c2ccc(Br)cc2OCc2ccccc2)[C@@H](CC[C@@H](O[Si](C)(C)C(C)(C)C)c2ccc(F)cc2)C(=O)C2C(=O)OC[C@@H]2Cc2ccccc2)cc1. The van der Waals surface area contributed by atoms with Gasteiger partial charge in [0.1, 0.15) is 24.1 Å². The second-order valence-corrected chi connectivity index (χ2v) is 22.5. The van der Waals surface area contributed by atoms with Crippen molar-refractivity contribution in [3.63, 3.8) is 0 Å². The van der Waals surface area contributed by atoms with Gasteiger partial charge in [0.25, 0.3) is 0 Å². The van der Waals surface area contributed by atoms with E-state index in [0.717, 1.165) is 26.7 Å². The van der Waals surface area contributed by atoms with E-state index in [1.54, 1.807) is 24.3 Å². The van der Waals surface area contributed by atoms with E-state index >= 15 is 4.79 Å². The fourth-order valence-corrected chi connectivity index (χ4v) is 9.04. The van der Waals surface area contributed by atoms with E-state index in [0.29, 0.717) is 36.4 Å². The number of Topliss-reactive ketones (excluding diaryl/α,β-unsaturated/α-hetero) is 1. The highest BCUT2D eigenvalue weighted by Gasteiger charge is 2.47. The second-order valence-electron chi connectivity index (χ2n) is 16.8. The summed E-state index contributed by atoms with van der Waals surface area (Å²) >= 11 is 3.65. The topological polar surface area (TPSA) is 78.2 Å². The standard InChI is InChI=1S/C49H52BrFN2O5Si/c1-49(2,3)59(5,6)58-43(35-17-20-38(51)21-18-35)28-27-42(47(54)45-36(32-57-48(45)55)29-33-13-9-7-10-14-33)46(53-40-24-22-39(52-4)23-25-40)41-26-19-37(50)30-44(41)56-31-34-15-11-8-12-16-34/h7-26,30,36,42-43,45-46,53H,27-29,31-32H2,1-3,5-6H3/t36-,42+,43+,45?,46+/m0/s1. The molecule has 306 valence electrons. The van der Waals surface area contributed by atoms with Crippen LogP contribution in [0.25, 0.3) is 4.85 Å². The molecule has 0 radical (unpaired) electrons. The van der Waals surface area contributed by atoms with Gasteiger partial charge in [-0.25, -0.2) is 9.24 Å². The number of esters is 1. The minimum atomic E-state index is -2.39. The Balaban J connectivity index is 1.47. The van der Waals surface area contributed by atoms with E-state index in [4.69, 9.17) is 20.5 Å². The molecule has 1 N–H and O–H groups in total. The summed E-state index contributed by atoms with van der Waals surface area (Å²) in [5, 5.41) is 3.56. The highest BCUT2D eigenvalue weighted by Crippen LogP contribution is 2.45. The molecule has 5 aromatic rings. The summed E-state index contributed by atoms with van der Waals surface area (Å²) in [4.78, 5) is 32.9. The molecule has 1 saturated heterocycles. The maximum atomic E-state index is 15.5. The van der Waals surface area contributed by atoms with Gasteiger partial charge in [0.05, 0.1) is 25.3 Å². The van der Waals surface area contributed by atoms with Crippen molar-refractivity contribution < 1.29 is 27.9 Å². The van der Waals surface area contributed by atoms with Crippen LogP contribution >= 0.6 is 15.9 Å². The Bertz CT molecular complexity index is 2220. The van der Waals surface area contributed by atoms with E-state index in [1.807, 2.05) is 91.0 Å². The summed E-state index contributed by atoms with van der Waals surface area (Å²) in [5.41, 5.74) is 4.72. The minimum absolute atomic E-state index is 0.122. The van der Waals surface area contributed by atoms with Crippen molar-refractivity contribution in [3.8, 4) is 5.75 Å². The smallest absolute Gasteiger partial charge is 0.316 e. The van der Waals surface area contributed by atoms with E-state index in [2.05, 4.69) is 60.0 Å². The summed E-state index contributed by atoms with van der Waals surface area (Å²) < 4.78 is 34.5. The summed E-state index contributed by atoms with van der Waals surface area (Å²) in [5.74, 6) is -2.70. The van der Waals surface area contributed by atoms with Crippen LogP contribution in [0.4, 0.5) is 15.8 Å². The highest BCUT2D eigenvalue weighted by molar-refractivity contribution is 9.10. The molecular weight excluding hydrogens is 824 g/mol. The molecule has 1 aliphatic rings. The van der Waals surface area contributed by atoms with E-state index < -0.39 is 38.3 Å². The van der Waals surface area contributed by atoms with Crippen LogP contribution in [0, 0.1) is 30.1 Å². The number of nitrogens with one attached hydrogen (secondary N) is 1. The van der Waals surface area contributed by atoms with Gasteiger partial charge in [-0.2, -0.15) is 0 Å². The van der Waals surface area contributed by atoms with Crippen molar-refractivity contribution in [2.24, 2.45) is 17.8 Å². The number of ether oxygens (including phenoxy) is 2. The number of nitrogens with zero attached hydrogens (tertiary/aromatic N) is 1. The Morgan fingerprint density at radius 1 is 0.915 bits per heavy atom. The largest absolute Gasteiger partial charge is 0.489 e. The van der Waals surface area contributed by atoms with E-state index in [-0.39, 0.29) is 35.8 Å².